The fraction of sp³-hybridized carbons (Fsp3) is 0.222. The van der Waals surface area contributed by atoms with Gasteiger partial charge in [0.05, 0.1) is 6.42 Å². The van der Waals surface area contributed by atoms with Gasteiger partial charge in [-0.1, -0.05) is 30.0 Å². The first-order valence-corrected chi connectivity index (χ1v) is 8.64. The quantitative estimate of drug-likeness (QED) is 0.708. The van der Waals surface area contributed by atoms with Crippen molar-refractivity contribution in [2.75, 3.05) is 11.4 Å². The Morgan fingerprint density at radius 1 is 1.12 bits per heavy atom. The smallest absolute Gasteiger partial charge is 0.320 e. The Hall–Kier alpha value is -2.35. The number of benzene rings is 2. The van der Waals surface area contributed by atoms with Gasteiger partial charge in [0.15, 0.2) is 5.17 Å². The number of amides is 1. The zero-order chi connectivity index (χ0) is 18.7. The highest BCUT2D eigenvalue weighted by Crippen LogP contribution is 2.37. The molecule has 0 radical (unpaired) electrons. The van der Waals surface area contributed by atoms with E-state index in [0.29, 0.717) is 5.69 Å². The molecule has 26 heavy (non-hydrogen) atoms. The number of hydrogen-bond donors (Lipinski definition) is 0. The molecule has 1 atom stereocenters. The molecule has 1 aliphatic rings. The first kappa shape index (κ1) is 18.4. The maximum atomic E-state index is 13.0. The van der Waals surface area contributed by atoms with Gasteiger partial charge in [-0.3, -0.25) is 4.79 Å². The van der Waals surface area contributed by atoms with Crippen LogP contribution in [-0.2, 0) is 0 Å². The standard InChI is InChI=1S/C18H14F4N2OS/c19-13-8-6-12(7-9-13)16(25)23-17-24(14-4-2-1-3-5-14)11-15(26-17)10-18(20,21)22/h1-9,15H,10-11H2. The van der Waals surface area contributed by atoms with Gasteiger partial charge in [-0.25, -0.2) is 4.39 Å². The largest absolute Gasteiger partial charge is 0.390 e. The Labute approximate surface area is 151 Å². The molecule has 0 spiro atoms. The van der Waals surface area contributed by atoms with Crippen molar-refractivity contribution >= 4 is 28.5 Å². The molecule has 0 aliphatic carbocycles. The van der Waals surface area contributed by atoms with Crippen LogP contribution < -0.4 is 4.90 Å². The number of amidine groups is 1. The van der Waals surface area contributed by atoms with Gasteiger partial charge >= 0.3 is 6.18 Å². The van der Waals surface area contributed by atoms with E-state index in [9.17, 15) is 22.4 Å². The highest BCUT2D eigenvalue weighted by molar-refractivity contribution is 8.15. The van der Waals surface area contributed by atoms with Crippen molar-refractivity contribution in [3.8, 4) is 0 Å². The number of aliphatic imine (C=N–C) groups is 1. The monoisotopic (exact) mass is 382 g/mol. The lowest BCUT2D eigenvalue weighted by atomic mass is 10.2. The Balaban J connectivity index is 1.87. The van der Waals surface area contributed by atoms with Crippen LogP contribution in [0.4, 0.5) is 23.2 Å². The van der Waals surface area contributed by atoms with E-state index in [4.69, 9.17) is 0 Å². The fourth-order valence-corrected chi connectivity index (χ4v) is 3.79. The van der Waals surface area contributed by atoms with E-state index in [0.717, 1.165) is 23.9 Å². The summed E-state index contributed by atoms with van der Waals surface area (Å²) in [5, 5.41) is -0.547. The van der Waals surface area contributed by atoms with Crippen LogP contribution in [0.1, 0.15) is 16.8 Å². The average molecular weight is 382 g/mol. The number of carbonyl (C=O) groups excluding carboxylic acids is 1. The van der Waals surface area contributed by atoms with Gasteiger partial charge in [0.1, 0.15) is 5.82 Å². The number of nitrogens with zero attached hydrogens (tertiary/aromatic N) is 2. The molecule has 2 aromatic carbocycles. The molecular formula is C18H14F4N2OS. The summed E-state index contributed by atoms with van der Waals surface area (Å²) in [6.45, 7) is 0.101. The van der Waals surface area contributed by atoms with Crippen LogP contribution in [0.3, 0.4) is 0 Å². The highest BCUT2D eigenvalue weighted by atomic mass is 32.2. The zero-order valence-corrected chi connectivity index (χ0v) is 14.2. The third-order valence-electron chi connectivity index (χ3n) is 3.70. The zero-order valence-electron chi connectivity index (χ0n) is 13.4. The van der Waals surface area contributed by atoms with Crippen LogP contribution >= 0.6 is 11.8 Å². The molecule has 3 rings (SSSR count). The van der Waals surface area contributed by atoms with Gasteiger partial charge in [0, 0.05) is 23.0 Å². The molecule has 3 nitrogen and oxygen atoms in total. The Morgan fingerprint density at radius 2 is 1.77 bits per heavy atom. The maximum Gasteiger partial charge on any atom is 0.390 e. The number of para-hydroxylation sites is 1. The molecule has 136 valence electrons. The van der Waals surface area contributed by atoms with E-state index < -0.39 is 29.6 Å². The summed E-state index contributed by atoms with van der Waals surface area (Å²) in [5.41, 5.74) is 0.835. The molecule has 1 unspecified atom stereocenters. The molecule has 1 amide bonds. The second-order valence-corrected chi connectivity index (χ2v) is 6.98. The van der Waals surface area contributed by atoms with Gasteiger partial charge in [-0.05, 0) is 36.4 Å². The third kappa shape index (κ3) is 4.63. The van der Waals surface area contributed by atoms with Crippen molar-refractivity contribution in [3.63, 3.8) is 0 Å². The van der Waals surface area contributed by atoms with Crippen molar-refractivity contribution in [1.82, 2.24) is 0 Å². The minimum atomic E-state index is -4.30. The first-order valence-electron chi connectivity index (χ1n) is 7.76. The predicted octanol–water partition coefficient (Wildman–Crippen LogP) is 4.90. The number of carbonyl (C=O) groups is 1. The summed E-state index contributed by atoms with van der Waals surface area (Å²) in [4.78, 5) is 17.9. The van der Waals surface area contributed by atoms with E-state index in [1.807, 2.05) is 0 Å². The van der Waals surface area contributed by atoms with E-state index in [-0.39, 0.29) is 17.3 Å². The highest BCUT2D eigenvalue weighted by Gasteiger charge is 2.39. The summed E-state index contributed by atoms with van der Waals surface area (Å²) in [6, 6.07) is 13.7. The van der Waals surface area contributed by atoms with Gasteiger partial charge in [0.25, 0.3) is 5.91 Å². The molecule has 0 saturated carbocycles. The molecule has 0 aromatic heterocycles. The van der Waals surface area contributed by atoms with Crippen LogP contribution in [0.15, 0.2) is 59.6 Å². The summed E-state index contributed by atoms with van der Waals surface area (Å²) in [6.07, 6.45) is -5.26. The summed E-state index contributed by atoms with van der Waals surface area (Å²) < 4.78 is 51.2. The summed E-state index contributed by atoms with van der Waals surface area (Å²) in [7, 11) is 0. The molecule has 8 heteroatoms. The van der Waals surface area contributed by atoms with E-state index in [2.05, 4.69) is 4.99 Å². The van der Waals surface area contributed by atoms with E-state index in [1.54, 1.807) is 35.2 Å². The Bertz CT molecular complexity index is 806. The van der Waals surface area contributed by atoms with Crippen LogP contribution in [0, 0.1) is 5.82 Å². The SMILES string of the molecule is O=C(N=C1SC(CC(F)(F)F)CN1c1ccccc1)c1ccc(F)cc1. The number of thioether (sulfide) groups is 1. The molecule has 1 aliphatic heterocycles. The predicted molar refractivity (Wildman–Crippen MR) is 94.0 cm³/mol. The second-order valence-electron chi connectivity index (χ2n) is 5.71. The van der Waals surface area contributed by atoms with Crippen LogP contribution in [0.25, 0.3) is 0 Å². The number of hydrogen-bond acceptors (Lipinski definition) is 2. The number of rotatable bonds is 3. The summed E-state index contributed by atoms with van der Waals surface area (Å²) in [5.74, 6) is -1.11. The maximum absolute atomic E-state index is 13.0. The van der Waals surface area contributed by atoms with Gasteiger partial charge < -0.3 is 4.90 Å². The van der Waals surface area contributed by atoms with Gasteiger partial charge in [-0.15, -0.1) is 0 Å². The van der Waals surface area contributed by atoms with Gasteiger partial charge in [-0.2, -0.15) is 18.2 Å². The van der Waals surface area contributed by atoms with Crippen molar-refractivity contribution in [2.24, 2.45) is 4.99 Å². The molecule has 1 heterocycles. The number of halogens is 4. The van der Waals surface area contributed by atoms with Crippen molar-refractivity contribution in [2.45, 2.75) is 17.8 Å². The van der Waals surface area contributed by atoms with Crippen molar-refractivity contribution in [3.05, 3.63) is 66.0 Å². The van der Waals surface area contributed by atoms with Crippen molar-refractivity contribution in [1.29, 1.82) is 0 Å². The number of alkyl halides is 3. The first-order chi connectivity index (χ1) is 12.3. The third-order valence-corrected chi connectivity index (χ3v) is 4.88. The Kier molecular flexibility index (Phi) is 5.31. The molecule has 2 aromatic rings. The lowest BCUT2D eigenvalue weighted by Crippen LogP contribution is -2.27. The van der Waals surface area contributed by atoms with Crippen LogP contribution in [0.2, 0.25) is 0 Å². The van der Waals surface area contributed by atoms with Crippen molar-refractivity contribution < 1.29 is 22.4 Å². The topological polar surface area (TPSA) is 32.7 Å². The minimum absolute atomic E-state index is 0.101. The normalized spacial score (nSPS) is 19.2. The van der Waals surface area contributed by atoms with E-state index in [1.165, 1.54) is 12.1 Å². The molecule has 0 bridgehead atoms. The summed E-state index contributed by atoms with van der Waals surface area (Å²) >= 11 is 0.928. The van der Waals surface area contributed by atoms with Crippen LogP contribution in [-0.4, -0.2) is 29.0 Å². The lowest BCUT2D eigenvalue weighted by Gasteiger charge is -2.18. The van der Waals surface area contributed by atoms with E-state index >= 15 is 0 Å². The lowest BCUT2D eigenvalue weighted by molar-refractivity contribution is -0.133. The number of anilines is 1. The molecular weight excluding hydrogens is 368 g/mol. The molecule has 1 saturated heterocycles. The molecule has 1 fully saturated rings. The van der Waals surface area contributed by atoms with Crippen LogP contribution in [0.5, 0.6) is 0 Å². The fourth-order valence-electron chi connectivity index (χ4n) is 2.55. The molecule has 0 N–H and O–H groups in total. The minimum Gasteiger partial charge on any atom is -0.320 e. The Morgan fingerprint density at radius 3 is 2.38 bits per heavy atom. The average Bonchev–Trinajstić information content (AvgIpc) is 2.96. The van der Waals surface area contributed by atoms with Gasteiger partial charge in [0.2, 0.25) is 0 Å². The second kappa shape index (κ2) is 7.49.